The first-order valence-corrected chi connectivity index (χ1v) is 6.67. The number of aliphatic hydroxyl groups is 1. The van der Waals surface area contributed by atoms with Gasteiger partial charge in [-0.3, -0.25) is 0 Å². The summed E-state index contributed by atoms with van der Waals surface area (Å²) in [4.78, 5) is 0. The van der Waals surface area contributed by atoms with Crippen molar-refractivity contribution in [3.8, 4) is 0 Å². The predicted octanol–water partition coefficient (Wildman–Crippen LogP) is 2.47. The fraction of sp³-hybridized carbons (Fsp3) is 1.00. The molecule has 0 spiro atoms. The van der Waals surface area contributed by atoms with Crippen molar-refractivity contribution in [2.75, 3.05) is 13.2 Å². The highest BCUT2D eigenvalue weighted by Crippen LogP contribution is 2.57. The van der Waals surface area contributed by atoms with E-state index in [0.717, 1.165) is 32.1 Å². The zero-order chi connectivity index (χ0) is 11.6. The molecule has 0 heterocycles. The van der Waals surface area contributed by atoms with Gasteiger partial charge in [-0.05, 0) is 26.7 Å². The normalized spacial score (nSPS) is 31.3. The summed E-state index contributed by atoms with van der Waals surface area (Å²) in [5, 5.41) is 10.6. The minimum Gasteiger partial charge on any atom is -0.389 e. The number of rotatable bonds is 5. The minimum absolute atomic E-state index is 0.195. The van der Waals surface area contributed by atoms with E-state index in [2.05, 4.69) is 0 Å². The van der Waals surface area contributed by atoms with E-state index in [1.807, 2.05) is 13.8 Å². The lowest BCUT2D eigenvalue weighted by atomic mass is 9.81. The maximum Gasteiger partial charge on any atom is 0.174 e. The largest absolute Gasteiger partial charge is 0.389 e. The molecule has 0 aromatic rings. The van der Waals surface area contributed by atoms with Gasteiger partial charge in [-0.1, -0.05) is 19.3 Å². The second-order valence-corrected chi connectivity index (χ2v) is 5.10. The first kappa shape index (κ1) is 12.3. The highest BCUT2D eigenvalue weighted by Gasteiger charge is 2.65. The molecule has 2 aliphatic carbocycles. The van der Waals surface area contributed by atoms with Crippen molar-refractivity contribution in [1.82, 2.24) is 0 Å². The Morgan fingerprint density at radius 2 is 1.62 bits per heavy atom. The fourth-order valence-electron chi connectivity index (χ4n) is 3.19. The third kappa shape index (κ3) is 2.13. The van der Waals surface area contributed by atoms with Crippen molar-refractivity contribution in [2.45, 2.75) is 63.8 Å². The van der Waals surface area contributed by atoms with Crippen LogP contribution >= 0.6 is 0 Å². The van der Waals surface area contributed by atoms with Crippen molar-refractivity contribution >= 4 is 0 Å². The zero-order valence-electron chi connectivity index (χ0n) is 10.5. The van der Waals surface area contributed by atoms with Gasteiger partial charge in [0.25, 0.3) is 0 Å². The van der Waals surface area contributed by atoms with Gasteiger partial charge in [0.1, 0.15) is 0 Å². The zero-order valence-corrected chi connectivity index (χ0v) is 10.5. The summed E-state index contributed by atoms with van der Waals surface area (Å²) in [6.07, 6.45) is 6.23. The van der Waals surface area contributed by atoms with Crippen LogP contribution < -0.4 is 0 Å². The average molecular weight is 228 g/mol. The van der Waals surface area contributed by atoms with Crippen LogP contribution in [0.5, 0.6) is 0 Å². The van der Waals surface area contributed by atoms with E-state index in [1.54, 1.807) is 0 Å². The molecule has 0 aromatic heterocycles. The number of hydrogen-bond donors (Lipinski definition) is 1. The standard InChI is InChI=1S/C13H24O3/c1-3-15-13(16-4-2)10-11(13)12(14)8-6-5-7-9-12/h11,14H,3-10H2,1-2H3. The molecule has 3 heteroatoms. The van der Waals surface area contributed by atoms with Crippen LogP contribution in [0.4, 0.5) is 0 Å². The molecule has 1 unspecified atom stereocenters. The second kappa shape index (κ2) is 4.63. The molecule has 3 nitrogen and oxygen atoms in total. The van der Waals surface area contributed by atoms with Gasteiger partial charge in [-0.15, -0.1) is 0 Å². The van der Waals surface area contributed by atoms with Crippen molar-refractivity contribution in [3.05, 3.63) is 0 Å². The fourth-order valence-corrected chi connectivity index (χ4v) is 3.19. The van der Waals surface area contributed by atoms with Gasteiger partial charge in [-0.25, -0.2) is 0 Å². The maximum atomic E-state index is 10.6. The lowest BCUT2D eigenvalue weighted by Gasteiger charge is -2.34. The SMILES string of the molecule is CCOC1(OCC)CC1C1(O)CCCCC1. The van der Waals surface area contributed by atoms with Crippen LogP contribution in [0.25, 0.3) is 0 Å². The van der Waals surface area contributed by atoms with Gasteiger partial charge in [0.05, 0.1) is 5.60 Å². The molecule has 0 radical (unpaired) electrons. The Bertz CT molecular complexity index is 227. The third-order valence-electron chi connectivity index (χ3n) is 4.00. The van der Waals surface area contributed by atoms with Gasteiger partial charge in [-0.2, -0.15) is 0 Å². The monoisotopic (exact) mass is 228 g/mol. The molecule has 0 amide bonds. The number of hydrogen-bond acceptors (Lipinski definition) is 3. The molecule has 2 rings (SSSR count). The summed E-state index contributed by atoms with van der Waals surface area (Å²) < 4.78 is 11.5. The van der Waals surface area contributed by atoms with Crippen LogP contribution in [0.1, 0.15) is 52.4 Å². The minimum atomic E-state index is -0.525. The van der Waals surface area contributed by atoms with Crippen molar-refractivity contribution in [3.63, 3.8) is 0 Å². The van der Waals surface area contributed by atoms with E-state index in [4.69, 9.17) is 9.47 Å². The van der Waals surface area contributed by atoms with Crippen molar-refractivity contribution in [1.29, 1.82) is 0 Å². The summed E-state index contributed by atoms with van der Waals surface area (Å²) in [6, 6.07) is 0. The Morgan fingerprint density at radius 3 is 2.12 bits per heavy atom. The van der Waals surface area contributed by atoms with Gasteiger partial charge in [0.15, 0.2) is 5.79 Å². The Labute approximate surface area is 98.1 Å². The van der Waals surface area contributed by atoms with E-state index < -0.39 is 11.4 Å². The van der Waals surface area contributed by atoms with Crippen LogP contribution in [0.2, 0.25) is 0 Å². The Balaban J connectivity index is 2.00. The van der Waals surface area contributed by atoms with Crippen LogP contribution in [0.3, 0.4) is 0 Å². The summed E-state index contributed by atoms with van der Waals surface area (Å²) in [5.74, 6) is -0.268. The molecular formula is C13H24O3. The molecule has 2 fully saturated rings. The molecule has 1 atom stereocenters. The molecule has 94 valence electrons. The van der Waals surface area contributed by atoms with E-state index in [9.17, 15) is 5.11 Å². The van der Waals surface area contributed by atoms with Gasteiger partial charge in [0, 0.05) is 25.6 Å². The molecule has 0 saturated heterocycles. The molecule has 16 heavy (non-hydrogen) atoms. The predicted molar refractivity (Wildman–Crippen MR) is 62.1 cm³/mol. The Morgan fingerprint density at radius 1 is 1.06 bits per heavy atom. The maximum absolute atomic E-state index is 10.6. The summed E-state index contributed by atoms with van der Waals surface area (Å²) >= 11 is 0. The van der Waals surface area contributed by atoms with Crippen LogP contribution in [0, 0.1) is 5.92 Å². The van der Waals surface area contributed by atoms with Crippen molar-refractivity contribution < 1.29 is 14.6 Å². The topological polar surface area (TPSA) is 38.7 Å². The molecule has 2 aliphatic rings. The Kier molecular flexibility index (Phi) is 3.57. The Hall–Kier alpha value is -0.120. The average Bonchev–Trinajstić information content (AvgIpc) is 2.96. The smallest absolute Gasteiger partial charge is 0.174 e. The third-order valence-corrected chi connectivity index (χ3v) is 4.00. The van der Waals surface area contributed by atoms with Crippen molar-refractivity contribution in [2.24, 2.45) is 5.92 Å². The lowest BCUT2D eigenvalue weighted by molar-refractivity contribution is -0.192. The quantitative estimate of drug-likeness (QED) is 0.735. The summed E-state index contributed by atoms with van der Waals surface area (Å²) in [6.45, 7) is 5.29. The van der Waals surface area contributed by atoms with E-state index >= 15 is 0 Å². The molecule has 0 aliphatic heterocycles. The molecule has 0 aromatic carbocycles. The molecule has 2 saturated carbocycles. The first-order chi connectivity index (χ1) is 7.67. The highest BCUT2D eigenvalue weighted by molar-refractivity contribution is 5.09. The van der Waals surface area contributed by atoms with Gasteiger partial charge < -0.3 is 14.6 Å². The lowest BCUT2D eigenvalue weighted by Crippen LogP contribution is -2.39. The van der Waals surface area contributed by atoms with Crippen LogP contribution in [-0.2, 0) is 9.47 Å². The first-order valence-electron chi connectivity index (χ1n) is 6.67. The molecular weight excluding hydrogens is 204 g/mol. The van der Waals surface area contributed by atoms with Crippen LogP contribution in [-0.4, -0.2) is 29.7 Å². The summed E-state index contributed by atoms with van der Waals surface area (Å²) in [7, 11) is 0. The molecule has 0 bridgehead atoms. The number of ether oxygens (including phenoxy) is 2. The highest BCUT2D eigenvalue weighted by atomic mass is 16.7. The van der Waals surface area contributed by atoms with E-state index in [-0.39, 0.29) is 5.92 Å². The van der Waals surface area contributed by atoms with Crippen LogP contribution in [0.15, 0.2) is 0 Å². The van der Waals surface area contributed by atoms with E-state index in [1.165, 1.54) is 6.42 Å². The molecule has 1 N–H and O–H groups in total. The second-order valence-electron chi connectivity index (χ2n) is 5.10. The summed E-state index contributed by atoms with van der Waals surface area (Å²) in [5.41, 5.74) is -0.525. The van der Waals surface area contributed by atoms with E-state index in [0.29, 0.717) is 13.2 Å². The van der Waals surface area contributed by atoms with Gasteiger partial charge >= 0.3 is 0 Å². The van der Waals surface area contributed by atoms with Gasteiger partial charge in [0.2, 0.25) is 0 Å².